The lowest BCUT2D eigenvalue weighted by Crippen LogP contribution is -2.22. The molecule has 1 fully saturated rings. The van der Waals surface area contributed by atoms with Crippen LogP contribution < -0.4 is 10.1 Å². The molecule has 0 amide bonds. The summed E-state index contributed by atoms with van der Waals surface area (Å²) in [5, 5.41) is 4.37. The fourth-order valence-corrected chi connectivity index (χ4v) is 3.05. The van der Waals surface area contributed by atoms with Crippen molar-refractivity contribution in [2.75, 3.05) is 7.11 Å². The SMILES string of the molecule is COc1cccc(Cl)c1CNC1C(C)(C)C1(C)C. The van der Waals surface area contributed by atoms with E-state index in [1.165, 1.54) is 0 Å². The molecule has 1 saturated carbocycles. The summed E-state index contributed by atoms with van der Waals surface area (Å²) in [5.74, 6) is 0.853. The summed E-state index contributed by atoms with van der Waals surface area (Å²) < 4.78 is 5.36. The molecule has 2 rings (SSSR count). The van der Waals surface area contributed by atoms with Crippen molar-refractivity contribution in [1.82, 2.24) is 5.32 Å². The average molecular weight is 268 g/mol. The van der Waals surface area contributed by atoms with Gasteiger partial charge in [-0.05, 0) is 23.0 Å². The summed E-state index contributed by atoms with van der Waals surface area (Å²) in [6, 6.07) is 6.29. The number of halogens is 1. The van der Waals surface area contributed by atoms with Crippen LogP contribution in [0.5, 0.6) is 5.75 Å². The average Bonchev–Trinajstić information content (AvgIpc) is 2.68. The van der Waals surface area contributed by atoms with Crippen LogP contribution in [0.25, 0.3) is 0 Å². The predicted octanol–water partition coefficient (Wildman–Crippen LogP) is 3.87. The molecule has 0 bridgehead atoms. The molecule has 1 aliphatic rings. The van der Waals surface area contributed by atoms with E-state index in [0.717, 1.165) is 22.9 Å². The Morgan fingerprint density at radius 3 is 2.33 bits per heavy atom. The third kappa shape index (κ3) is 2.02. The maximum Gasteiger partial charge on any atom is 0.124 e. The molecule has 0 atom stereocenters. The zero-order valence-electron chi connectivity index (χ0n) is 11.8. The minimum Gasteiger partial charge on any atom is -0.496 e. The van der Waals surface area contributed by atoms with Gasteiger partial charge in [-0.25, -0.2) is 0 Å². The van der Waals surface area contributed by atoms with Crippen molar-refractivity contribution < 1.29 is 4.74 Å². The van der Waals surface area contributed by atoms with E-state index in [0.29, 0.717) is 16.9 Å². The molecule has 0 heterocycles. The third-order valence-electron chi connectivity index (χ3n) is 4.80. The van der Waals surface area contributed by atoms with Crippen LogP contribution in [0.4, 0.5) is 0 Å². The van der Waals surface area contributed by atoms with E-state index in [1.54, 1.807) is 7.11 Å². The smallest absolute Gasteiger partial charge is 0.124 e. The number of ether oxygens (including phenoxy) is 1. The van der Waals surface area contributed by atoms with Crippen molar-refractivity contribution in [2.24, 2.45) is 10.8 Å². The molecule has 0 spiro atoms. The van der Waals surface area contributed by atoms with Crippen LogP contribution in [0, 0.1) is 10.8 Å². The molecular formula is C15H22ClNO. The van der Waals surface area contributed by atoms with Crippen LogP contribution in [-0.2, 0) is 6.54 Å². The number of nitrogens with one attached hydrogen (secondary N) is 1. The molecule has 0 aromatic heterocycles. The Labute approximate surface area is 115 Å². The molecule has 3 heteroatoms. The van der Waals surface area contributed by atoms with E-state index in [1.807, 2.05) is 18.2 Å². The van der Waals surface area contributed by atoms with Gasteiger partial charge in [-0.2, -0.15) is 0 Å². The molecule has 0 saturated heterocycles. The van der Waals surface area contributed by atoms with Gasteiger partial charge in [-0.1, -0.05) is 45.4 Å². The Bertz CT molecular complexity index is 440. The highest BCUT2D eigenvalue weighted by molar-refractivity contribution is 6.31. The summed E-state index contributed by atoms with van der Waals surface area (Å²) in [7, 11) is 1.68. The summed E-state index contributed by atoms with van der Waals surface area (Å²) in [5.41, 5.74) is 1.71. The van der Waals surface area contributed by atoms with Gasteiger partial charge in [-0.15, -0.1) is 0 Å². The van der Waals surface area contributed by atoms with Gasteiger partial charge in [0.05, 0.1) is 7.11 Å². The summed E-state index contributed by atoms with van der Waals surface area (Å²) in [6.07, 6.45) is 0. The maximum atomic E-state index is 6.23. The molecule has 1 aromatic rings. The van der Waals surface area contributed by atoms with E-state index in [4.69, 9.17) is 16.3 Å². The molecule has 2 nitrogen and oxygen atoms in total. The van der Waals surface area contributed by atoms with Gasteiger partial charge in [0, 0.05) is 23.2 Å². The van der Waals surface area contributed by atoms with Crippen LogP contribution in [-0.4, -0.2) is 13.2 Å². The molecule has 1 aliphatic carbocycles. The first-order chi connectivity index (χ1) is 8.32. The molecular weight excluding hydrogens is 246 g/mol. The Morgan fingerprint density at radius 1 is 1.22 bits per heavy atom. The molecule has 1 aromatic carbocycles. The summed E-state index contributed by atoms with van der Waals surface area (Å²) >= 11 is 6.23. The zero-order valence-corrected chi connectivity index (χ0v) is 12.6. The van der Waals surface area contributed by atoms with E-state index >= 15 is 0 Å². The number of methoxy groups -OCH3 is 1. The predicted molar refractivity (Wildman–Crippen MR) is 76.2 cm³/mol. The minimum atomic E-state index is 0.335. The van der Waals surface area contributed by atoms with Crippen LogP contribution >= 0.6 is 11.6 Å². The van der Waals surface area contributed by atoms with Gasteiger partial charge >= 0.3 is 0 Å². The lowest BCUT2D eigenvalue weighted by Gasteiger charge is -2.12. The fraction of sp³-hybridized carbons (Fsp3) is 0.600. The summed E-state index contributed by atoms with van der Waals surface area (Å²) in [4.78, 5) is 0. The van der Waals surface area contributed by atoms with E-state index in [-0.39, 0.29) is 0 Å². The molecule has 100 valence electrons. The van der Waals surface area contributed by atoms with Crippen molar-refractivity contribution in [3.8, 4) is 5.75 Å². The third-order valence-corrected chi connectivity index (χ3v) is 5.15. The van der Waals surface area contributed by atoms with Gasteiger partial charge in [0.1, 0.15) is 5.75 Å². The highest BCUT2D eigenvalue weighted by atomic mass is 35.5. The van der Waals surface area contributed by atoms with Gasteiger partial charge in [0.25, 0.3) is 0 Å². The van der Waals surface area contributed by atoms with E-state index < -0.39 is 0 Å². The number of hydrogen-bond donors (Lipinski definition) is 1. The standard InChI is InChI=1S/C15H22ClNO/c1-14(2)13(15(14,3)4)17-9-10-11(16)7-6-8-12(10)18-5/h6-8,13,17H,9H2,1-5H3. The summed E-state index contributed by atoms with van der Waals surface area (Å²) in [6.45, 7) is 9.95. The molecule has 0 aliphatic heterocycles. The van der Waals surface area contributed by atoms with Crippen molar-refractivity contribution in [1.29, 1.82) is 0 Å². The first-order valence-corrected chi connectivity index (χ1v) is 6.75. The fourth-order valence-electron chi connectivity index (χ4n) is 2.81. The quantitative estimate of drug-likeness (QED) is 0.894. The van der Waals surface area contributed by atoms with Gasteiger partial charge in [0.2, 0.25) is 0 Å². The second-order valence-electron chi connectivity index (χ2n) is 6.18. The lowest BCUT2D eigenvalue weighted by atomic mass is 10.0. The Kier molecular flexibility index (Phi) is 3.37. The minimum absolute atomic E-state index is 0.335. The Morgan fingerprint density at radius 2 is 1.83 bits per heavy atom. The van der Waals surface area contributed by atoms with E-state index in [2.05, 4.69) is 33.0 Å². The molecule has 18 heavy (non-hydrogen) atoms. The maximum absolute atomic E-state index is 6.23. The van der Waals surface area contributed by atoms with Crippen LogP contribution in [0.15, 0.2) is 18.2 Å². The second-order valence-corrected chi connectivity index (χ2v) is 6.59. The lowest BCUT2D eigenvalue weighted by molar-refractivity contribution is 0.406. The van der Waals surface area contributed by atoms with Crippen molar-refractivity contribution in [3.63, 3.8) is 0 Å². The number of benzene rings is 1. The largest absolute Gasteiger partial charge is 0.496 e. The van der Waals surface area contributed by atoms with Gasteiger partial charge in [0.15, 0.2) is 0 Å². The molecule has 0 radical (unpaired) electrons. The van der Waals surface area contributed by atoms with Gasteiger partial charge in [-0.3, -0.25) is 0 Å². The number of hydrogen-bond acceptors (Lipinski definition) is 2. The van der Waals surface area contributed by atoms with Crippen LogP contribution in [0.3, 0.4) is 0 Å². The van der Waals surface area contributed by atoms with E-state index in [9.17, 15) is 0 Å². The monoisotopic (exact) mass is 267 g/mol. The van der Waals surface area contributed by atoms with Crippen molar-refractivity contribution in [2.45, 2.75) is 40.3 Å². The Balaban J connectivity index is 2.09. The van der Waals surface area contributed by atoms with Crippen molar-refractivity contribution in [3.05, 3.63) is 28.8 Å². The van der Waals surface area contributed by atoms with Crippen LogP contribution in [0.1, 0.15) is 33.3 Å². The normalized spacial score (nSPS) is 20.8. The molecule has 1 N–H and O–H groups in total. The Hall–Kier alpha value is -0.730. The van der Waals surface area contributed by atoms with Crippen molar-refractivity contribution >= 4 is 11.6 Å². The first-order valence-electron chi connectivity index (χ1n) is 6.37. The highest BCUT2D eigenvalue weighted by Gasteiger charge is 2.64. The second kappa shape index (κ2) is 4.43. The topological polar surface area (TPSA) is 21.3 Å². The van der Waals surface area contributed by atoms with Gasteiger partial charge < -0.3 is 10.1 Å². The van der Waals surface area contributed by atoms with Crippen LogP contribution in [0.2, 0.25) is 5.02 Å². The zero-order chi connectivity index (χ0) is 13.6. The molecule has 0 unspecified atom stereocenters. The number of rotatable bonds is 4. The highest BCUT2D eigenvalue weighted by Crippen LogP contribution is 2.62. The first kappa shape index (κ1) is 13.7.